The Balaban J connectivity index is 2.14. The van der Waals surface area contributed by atoms with E-state index in [1.807, 2.05) is 6.20 Å². The normalized spacial score (nSPS) is 24.3. The van der Waals surface area contributed by atoms with Gasteiger partial charge in [0.15, 0.2) is 0 Å². The van der Waals surface area contributed by atoms with E-state index >= 15 is 0 Å². The lowest BCUT2D eigenvalue weighted by Crippen LogP contribution is -2.39. The van der Waals surface area contributed by atoms with Crippen LogP contribution >= 0.6 is 0 Å². The van der Waals surface area contributed by atoms with Gasteiger partial charge in [-0.2, -0.15) is 0 Å². The Bertz CT molecular complexity index is 370. The Kier molecular flexibility index (Phi) is 6.58. The molecular weight excluding hydrogens is 246 g/mol. The number of nitrogens with one attached hydrogen (secondary N) is 1. The van der Waals surface area contributed by atoms with Gasteiger partial charge in [0, 0.05) is 24.9 Å². The molecule has 0 spiro atoms. The zero-order valence-corrected chi connectivity index (χ0v) is 13.3. The lowest BCUT2D eigenvalue weighted by molar-refractivity contribution is 0.278. The monoisotopic (exact) mass is 277 g/mol. The van der Waals surface area contributed by atoms with Crippen molar-refractivity contribution >= 4 is 0 Å². The molecule has 1 saturated carbocycles. The summed E-state index contributed by atoms with van der Waals surface area (Å²) >= 11 is 0. The van der Waals surface area contributed by atoms with Gasteiger partial charge in [0.25, 0.3) is 0 Å². The van der Waals surface area contributed by atoms with Crippen molar-refractivity contribution in [1.82, 2.24) is 14.9 Å². The molecule has 0 amide bonds. The molecule has 1 fully saturated rings. The summed E-state index contributed by atoms with van der Waals surface area (Å²) in [6, 6.07) is 1.23. The lowest BCUT2D eigenvalue weighted by atomic mass is 9.91. The molecule has 2 atom stereocenters. The van der Waals surface area contributed by atoms with Crippen molar-refractivity contribution in [3.63, 3.8) is 0 Å². The summed E-state index contributed by atoms with van der Waals surface area (Å²) in [5.41, 5.74) is 0. The first-order chi connectivity index (χ1) is 9.86. The van der Waals surface area contributed by atoms with Crippen LogP contribution in [-0.4, -0.2) is 22.1 Å². The van der Waals surface area contributed by atoms with Gasteiger partial charge >= 0.3 is 0 Å². The second-order valence-electron chi connectivity index (χ2n) is 6.12. The van der Waals surface area contributed by atoms with Crippen LogP contribution in [0.3, 0.4) is 0 Å². The van der Waals surface area contributed by atoms with Crippen LogP contribution in [-0.2, 0) is 6.42 Å². The van der Waals surface area contributed by atoms with Crippen molar-refractivity contribution in [3.05, 3.63) is 18.2 Å². The van der Waals surface area contributed by atoms with E-state index in [0.29, 0.717) is 12.1 Å². The zero-order chi connectivity index (χ0) is 14.2. The van der Waals surface area contributed by atoms with Gasteiger partial charge < -0.3 is 9.88 Å². The molecule has 2 unspecified atom stereocenters. The smallest absolute Gasteiger partial charge is 0.108 e. The van der Waals surface area contributed by atoms with Crippen LogP contribution in [0, 0.1) is 0 Å². The molecule has 1 N–H and O–H groups in total. The summed E-state index contributed by atoms with van der Waals surface area (Å²) in [7, 11) is 0. The third kappa shape index (κ3) is 4.08. The summed E-state index contributed by atoms with van der Waals surface area (Å²) in [4.78, 5) is 4.59. The van der Waals surface area contributed by atoms with Gasteiger partial charge in [0.2, 0.25) is 0 Å². The fourth-order valence-electron chi connectivity index (χ4n) is 3.43. The Morgan fingerprint density at radius 1 is 1.15 bits per heavy atom. The van der Waals surface area contributed by atoms with Gasteiger partial charge in [-0.1, -0.05) is 39.5 Å². The number of aromatic nitrogens is 2. The molecule has 1 aliphatic rings. The van der Waals surface area contributed by atoms with Gasteiger partial charge in [-0.15, -0.1) is 0 Å². The minimum absolute atomic E-state index is 0.603. The predicted molar refractivity (Wildman–Crippen MR) is 85.0 cm³/mol. The summed E-state index contributed by atoms with van der Waals surface area (Å²) in [6.45, 7) is 5.63. The second-order valence-corrected chi connectivity index (χ2v) is 6.12. The molecule has 0 saturated heterocycles. The molecule has 3 nitrogen and oxygen atoms in total. The Labute approximate surface area is 124 Å². The average Bonchev–Trinajstić information content (AvgIpc) is 2.86. The first-order valence-corrected chi connectivity index (χ1v) is 8.61. The predicted octanol–water partition coefficient (Wildman–Crippen LogP) is 4.10. The Morgan fingerprint density at radius 3 is 2.70 bits per heavy atom. The number of nitrogens with zero attached hydrogens (tertiary/aromatic N) is 2. The maximum absolute atomic E-state index is 4.59. The third-order valence-electron chi connectivity index (χ3n) is 4.47. The molecule has 20 heavy (non-hydrogen) atoms. The van der Waals surface area contributed by atoms with E-state index in [-0.39, 0.29) is 0 Å². The topological polar surface area (TPSA) is 29.9 Å². The highest BCUT2D eigenvalue weighted by Crippen LogP contribution is 2.28. The number of hydrogen-bond acceptors (Lipinski definition) is 2. The Hall–Kier alpha value is -0.830. The van der Waals surface area contributed by atoms with Crippen molar-refractivity contribution < 1.29 is 0 Å². The van der Waals surface area contributed by atoms with E-state index in [1.54, 1.807) is 0 Å². The molecule has 2 rings (SSSR count). The molecule has 1 aliphatic carbocycles. The van der Waals surface area contributed by atoms with Crippen LogP contribution < -0.4 is 5.32 Å². The fraction of sp³-hybridized carbons (Fsp3) is 0.824. The molecule has 1 aromatic rings. The molecule has 0 radical (unpaired) electrons. The fourth-order valence-corrected chi connectivity index (χ4v) is 3.43. The van der Waals surface area contributed by atoms with Crippen molar-refractivity contribution in [2.45, 2.75) is 83.7 Å². The summed E-state index contributed by atoms with van der Waals surface area (Å²) in [6.07, 6.45) is 15.8. The maximum Gasteiger partial charge on any atom is 0.108 e. The molecule has 114 valence electrons. The summed E-state index contributed by atoms with van der Waals surface area (Å²) in [5.74, 6) is 1.28. The summed E-state index contributed by atoms with van der Waals surface area (Å²) in [5, 5.41) is 3.80. The first-order valence-electron chi connectivity index (χ1n) is 8.61. The van der Waals surface area contributed by atoms with Crippen molar-refractivity contribution in [3.8, 4) is 0 Å². The quantitative estimate of drug-likeness (QED) is 0.848. The van der Waals surface area contributed by atoms with Gasteiger partial charge in [0.05, 0.1) is 6.04 Å². The van der Waals surface area contributed by atoms with Crippen molar-refractivity contribution in [2.75, 3.05) is 6.54 Å². The zero-order valence-electron chi connectivity index (χ0n) is 13.3. The standard InChI is InChI=1S/C17H31N3/c1-3-9-17-19-13-14-20(17)16-11-8-6-5-7-10-15(16)18-12-4-2/h13-16,18H,3-12H2,1-2H3. The molecule has 3 heteroatoms. The van der Waals surface area contributed by atoms with Crippen molar-refractivity contribution in [1.29, 1.82) is 0 Å². The van der Waals surface area contributed by atoms with E-state index in [4.69, 9.17) is 0 Å². The molecule has 0 bridgehead atoms. The molecule has 1 heterocycles. The van der Waals surface area contributed by atoms with Crippen LogP contribution in [0.25, 0.3) is 0 Å². The molecule has 0 aromatic carbocycles. The van der Waals surface area contributed by atoms with Gasteiger partial charge in [-0.25, -0.2) is 4.98 Å². The van der Waals surface area contributed by atoms with E-state index in [1.165, 1.54) is 57.2 Å². The molecule has 1 aromatic heterocycles. The third-order valence-corrected chi connectivity index (χ3v) is 4.47. The average molecular weight is 277 g/mol. The number of rotatable bonds is 6. The number of hydrogen-bond donors (Lipinski definition) is 1. The summed E-state index contributed by atoms with van der Waals surface area (Å²) < 4.78 is 2.47. The SMILES string of the molecule is CCCNC1CCCCCCC1n1ccnc1CCC. The van der Waals surface area contributed by atoms with Crippen molar-refractivity contribution in [2.24, 2.45) is 0 Å². The van der Waals surface area contributed by atoms with Crippen LogP contribution in [0.2, 0.25) is 0 Å². The molecule has 0 aliphatic heterocycles. The van der Waals surface area contributed by atoms with Gasteiger partial charge in [-0.05, 0) is 32.2 Å². The number of aryl methyl sites for hydroxylation is 1. The van der Waals surface area contributed by atoms with Crippen LogP contribution in [0.4, 0.5) is 0 Å². The van der Waals surface area contributed by atoms with Gasteiger partial charge in [-0.3, -0.25) is 0 Å². The minimum Gasteiger partial charge on any atom is -0.330 e. The lowest BCUT2D eigenvalue weighted by Gasteiger charge is -2.32. The van der Waals surface area contributed by atoms with E-state index < -0.39 is 0 Å². The highest BCUT2D eigenvalue weighted by atomic mass is 15.1. The maximum atomic E-state index is 4.59. The first kappa shape index (κ1) is 15.6. The largest absolute Gasteiger partial charge is 0.330 e. The highest BCUT2D eigenvalue weighted by molar-refractivity contribution is 4.98. The number of imidazole rings is 1. The van der Waals surface area contributed by atoms with Crippen LogP contribution in [0.5, 0.6) is 0 Å². The highest BCUT2D eigenvalue weighted by Gasteiger charge is 2.25. The van der Waals surface area contributed by atoms with E-state index in [2.05, 4.69) is 34.9 Å². The van der Waals surface area contributed by atoms with Crippen LogP contribution in [0.1, 0.15) is 77.1 Å². The van der Waals surface area contributed by atoms with Gasteiger partial charge in [0.1, 0.15) is 5.82 Å². The van der Waals surface area contributed by atoms with E-state index in [0.717, 1.165) is 13.0 Å². The van der Waals surface area contributed by atoms with E-state index in [9.17, 15) is 0 Å². The second kappa shape index (κ2) is 8.46. The van der Waals surface area contributed by atoms with Crippen LogP contribution in [0.15, 0.2) is 12.4 Å². The minimum atomic E-state index is 0.603. The molecular formula is C17H31N3. The Morgan fingerprint density at radius 2 is 1.95 bits per heavy atom.